The molecule has 0 aliphatic heterocycles. The summed E-state index contributed by atoms with van der Waals surface area (Å²) in [5, 5.41) is 0. The highest BCUT2D eigenvalue weighted by molar-refractivity contribution is 7.17. The number of anilines is 1. The van der Waals surface area contributed by atoms with Gasteiger partial charge in [0.25, 0.3) is 0 Å². The summed E-state index contributed by atoms with van der Waals surface area (Å²) in [4.78, 5) is 13.0. The molecule has 0 aliphatic carbocycles. The zero-order valence-electron chi connectivity index (χ0n) is 8.36. The minimum atomic E-state index is 0.107. The second kappa shape index (κ2) is 3.87. The topological polar surface area (TPSA) is 43.1 Å². The first-order valence-corrected chi connectivity index (χ1v) is 5.45. The fraction of sp³-hybridized carbons (Fsp3) is 0.0833. The highest BCUT2D eigenvalue weighted by Gasteiger charge is 2.05. The van der Waals surface area contributed by atoms with Crippen LogP contribution in [0.1, 0.15) is 16.6 Å². The number of ketones is 1. The minimum Gasteiger partial charge on any atom is -0.399 e. The van der Waals surface area contributed by atoms with Gasteiger partial charge in [-0.15, -0.1) is 11.3 Å². The Bertz CT molecular complexity index is 502. The average Bonchev–Trinajstić information content (AvgIpc) is 2.66. The molecule has 0 bridgehead atoms. The van der Waals surface area contributed by atoms with Crippen LogP contribution in [0.25, 0.3) is 10.4 Å². The molecule has 0 radical (unpaired) electrons. The molecule has 1 heterocycles. The largest absolute Gasteiger partial charge is 0.399 e. The molecule has 0 spiro atoms. The first-order chi connectivity index (χ1) is 7.16. The van der Waals surface area contributed by atoms with Crippen molar-refractivity contribution in [3.8, 4) is 10.4 Å². The average molecular weight is 217 g/mol. The number of hydrogen-bond acceptors (Lipinski definition) is 3. The van der Waals surface area contributed by atoms with Crippen LogP contribution < -0.4 is 5.73 Å². The lowest BCUT2D eigenvalue weighted by Crippen LogP contribution is -1.84. The first-order valence-electron chi connectivity index (χ1n) is 4.63. The van der Waals surface area contributed by atoms with Gasteiger partial charge in [-0.05, 0) is 36.8 Å². The molecule has 2 rings (SSSR count). The summed E-state index contributed by atoms with van der Waals surface area (Å²) in [7, 11) is 0. The predicted octanol–water partition coefficient (Wildman–Crippen LogP) is 3.20. The van der Waals surface area contributed by atoms with Gasteiger partial charge in [0.1, 0.15) is 0 Å². The molecule has 3 heteroatoms. The summed E-state index contributed by atoms with van der Waals surface area (Å²) in [6.07, 6.45) is 0. The van der Waals surface area contributed by atoms with E-state index in [-0.39, 0.29) is 5.78 Å². The number of nitrogens with two attached hydrogens (primary N) is 1. The second-order valence-electron chi connectivity index (χ2n) is 3.35. The SMILES string of the molecule is CC(=O)c1ccc(-c2cccc(N)c2)s1. The van der Waals surface area contributed by atoms with Gasteiger partial charge in [-0.25, -0.2) is 0 Å². The van der Waals surface area contributed by atoms with E-state index < -0.39 is 0 Å². The Morgan fingerprint density at radius 1 is 1.27 bits per heavy atom. The van der Waals surface area contributed by atoms with E-state index in [1.165, 1.54) is 11.3 Å². The quantitative estimate of drug-likeness (QED) is 0.620. The number of nitrogen functional groups attached to an aromatic ring is 1. The lowest BCUT2D eigenvalue weighted by atomic mass is 10.2. The van der Waals surface area contributed by atoms with Gasteiger partial charge < -0.3 is 5.73 Å². The van der Waals surface area contributed by atoms with Crippen LogP contribution in [0, 0.1) is 0 Å². The number of thiophene rings is 1. The third kappa shape index (κ3) is 2.07. The van der Waals surface area contributed by atoms with Crippen LogP contribution in [0.2, 0.25) is 0 Å². The number of carbonyl (C=O) groups excluding carboxylic acids is 1. The summed E-state index contributed by atoms with van der Waals surface area (Å²) in [5.41, 5.74) is 7.50. The molecule has 0 saturated carbocycles. The lowest BCUT2D eigenvalue weighted by Gasteiger charge is -1.98. The van der Waals surface area contributed by atoms with Gasteiger partial charge in [0, 0.05) is 10.6 Å². The molecule has 76 valence electrons. The predicted molar refractivity (Wildman–Crippen MR) is 64.2 cm³/mol. The Morgan fingerprint density at radius 3 is 2.67 bits per heavy atom. The molecule has 0 fully saturated rings. The summed E-state index contributed by atoms with van der Waals surface area (Å²) in [6, 6.07) is 11.5. The Hall–Kier alpha value is -1.61. The van der Waals surface area contributed by atoms with Crippen molar-refractivity contribution in [1.29, 1.82) is 0 Å². The van der Waals surface area contributed by atoms with Crippen LogP contribution >= 0.6 is 11.3 Å². The highest BCUT2D eigenvalue weighted by Crippen LogP contribution is 2.29. The van der Waals surface area contributed by atoms with Crippen molar-refractivity contribution < 1.29 is 4.79 Å². The van der Waals surface area contributed by atoms with Crippen molar-refractivity contribution in [2.45, 2.75) is 6.92 Å². The maximum atomic E-state index is 11.1. The molecule has 15 heavy (non-hydrogen) atoms. The minimum absolute atomic E-state index is 0.107. The molecule has 0 aliphatic rings. The maximum Gasteiger partial charge on any atom is 0.169 e. The first kappa shape index (κ1) is 9.93. The highest BCUT2D eigenvalue weighted by atomic mass is 32.1. The molecule has 0 unspecified atom stereocenters. The van der Waals surface area contributed by atoms with Crippen LogP contribution in [0.4, 0.5) is 5.69 Å². The Kier molecular flexibility index (Phi) is 2.56. The Labute approximate surface area is 92.4 Å². The van der Waals surface area contributed by atoms with Crippen LogP contribution in [0.3, 0.4) is 0 Å². The van der Waals surface area contributed by atoms with Crippen LogP contribution in [-0.4, -0.2) is 5.78 Å². The number of carbonyl (C=O) groups is 1. The van der Waals surface area contributed by atoms with Crippen LogP contribution in [-0.2, 0) is 0 Å². The van der Waals surface area contributed by atoms with Gasteiger partial charge in [-0.3, -0.25) is 4.79 Å². The molecule has 0 amide bonds. The Balaban J connectivity index is 2.41. The molecule has 2 aromatic rings. The molecule has 1 aromatic carbocycles. The summed E-state index contributed by atoms with van der Waals surface area (Å²) in [5.74, 6) is 0.107. The van der Waals surface area contributed by atoms with Gasteiger partial charge in [-0.2, -0.15) is 0 Å². The normalized spacial score (nSPS) is 10.2. The molecular formula is C12H11NOS. The third-order valence-electron chi connectivity index (χ3n) is 2.12. The van der Waals surface area contributed by atoms with Crippen molar-refractivity contribution in [2.24, 2.45) is 0 Å². The number of Topliss-reactive ketones (excluding diaryl/α,β-unsaturated/α-hetero) is 1. The molecule has 2 N–H and O–H groups in total. The maximum absolute atomic E-state index is 11.1. The van der Waals surface area contributed by atoms with Crippen molar-refractivity contribution in [2.75, 3.05) is 5.73 Å². The van der Waals surface area contributed by atoms with E-state index in [9.17, 15) is 4.79 Å². The van der Waals surface area contributed by atoms with Crippen LogP contribution in [0.15, 0.2) is 36.4 Å². The zero-order chi connectivity index (χ0) is 10.8. The Morgan fingerprint density at radius 2 is 2.07 bits per heavy atom. The van der Waals surface area contributed by atoms with Crippen molar-refractivity contribution in [1.82, 2.24) is 0 Å². The van der Waals surface area contributed by atoms with E-state index in [2.05, 4.69) is 0 Å². The fourth-order valence-corrected chi connectivity index (χ4v) is 2.27. The zero-order valence-corrected chi connectivity index (χ0v) is 9.17. The number of benzene rings is 1. The van der Waals surface area contributed by atoms with E-state index in [1.807, 2.05) is 36.4 Å². The third-order valence-corrected chi connectivity index (χ3v) is 3.36. The molecule has 0 saturated heterocycles. The van der Waals surface area contributed by atoms with E-state index in [0.29, 0.717) is 0 Å². The molecular weight excluding hydrogens is 206 g/mol. The van der Waals surface area contributed by atoms with Crippen LogP contribution in [0.5, 0.6) is 0 Å². The van der Waals surface area contributed by atoms with E-state index in [0.717, 1.165) is 21.0 Å². The fourth-order valence-electron chi connectivity index (χ4n) is 1.37. The van der Waals surface area contributed by atoms with E-state index in [1.54, 1.807) is 6.92 Å². The van der Waals surface area contributed by atoms with Gasteiger partial charge >= 0.3 is 0 Å². The van der Waals surface area contributed by atoms with Gasteiger partial charge in [-0.1, -0.05) is 12.1 Å². The standard InChI is InChI=1S/C12H11NOS/c1-8(14)11-5-6-12(15-11)9-3-2-4-10(13)7-9/h2-7H,13H2,1H3. The van der Waals surface area contributed by atoms with Crippen molar-refractivity contribution in [3.05, 3.63) is 41.3 Å². The molecule has 1 aromatic heterocycles. The van der Waals surface area contributed by atoms with E-state index >= 15 is 0 Å². The number of hydrogen-bond donors (Lipinski definition) is 1. The van der Waals surface area contributed by atoms with Gasteiger partial charge in [0.2, 0.25) is 0 Å². The summed E-state index contributed by atoms with van der Waals surface area (Å²) < 4.78 is 0. The molecule has 2 nitrogen and oxygen atoms in total. The monoisotopic (exact) mass is 217 g/mol. The summed E-state index contributed by atoms with van der Waals surface area (Å²) in [6.45, 7) is 1.58. The van der Waals surface area contributed by atoms with Gasteiger partial charge in [0.05, 0.1) is 4.88 Å². The van der Waals surface area contributed by atoms with E-state index in [4.69, 9.17) is 5.73 Å². The number of rotatable bonds is 2. The van der Waals surface area contributed by atoms with Crippen molar-refractivity contribution in [3.63, 3.8) is 0 Å². The second-order valence-corrected chi connectivity index (χ2v) is 4.43. The summed E-state index contributed by atoms with van der Waals surface area (Å²) >= 11 is 1.50. The van der Waals surface area contributed by atoms with Crippen molar-refractivity contribution >= 4 is 22.8 Å². The lowest BCUT2D eigenvalue weighted by molar-refractivity contribution is 0.102. The van der Waals surface area contributed by atoms with Gasteiger partial charge in [0.15, 0.2) is 5.78 Å². The molecule has 0 atom stereocenters. The smallest absolute Gasteiger partial charge is 0.169 e.